The molecule has 0 radical (unpaired) electrons. The quantitative estimate of drug-likeness (QED) is 0.328. The van der Waals surface area contributed by atoms with Gasteiger partial charge in [0.1, 0.15) is 5.82 Å². The Balaban J connectivity index is 1.43. The molecule has 0 saturated carbocycles. The molecule has 2 aromatic carbocycles. The van der Waals surface area contributed by atoms with Crippen molar-refractivity contribution in [3.8, 4) is 0 Å². The Bertz CT molecular complexity index is 1320. The number of halogens is 1. The highest BCUT2D eigenvalue weighted by Crippen LogP contribution is 2.28. The Hall–Kier alpha value is -3.04. The molecule has 2 N–H and O–H groups in total. The van der Waals surface area contributed by atoms with Crippen molar-refractivity contribution in [2.75, 3.05) is 5.32 Å². The van der Waals surface area contributed by atoms with Crippen molar-refractivity contribution in [3.05, 3.63) is 81.0 Å². The number of H-pyrrole nitrogens is 1. The van der Waals surface area contributed by atoms with Gasteiger partial charge in [0, 0.05) is 17.0 Å². The number of aromatic nitrogens is 3. The number of aryl methyl sites for hydroxylation is 2. The maximum absolute atomic E-state index is 13.0. The van der Waals surface area contributed by atoms with Crippen molar-refractivity contribution in [2.45, 2.75) is 31.2 Å². The number of hydrogen-bond acceptors (Lipinski definition) is 6. The number of nitrogens with one attached hydrogen (secondary N) is 2. The van der Waals surface area contributed by atoms with E-state index in [4.69, 9.17) is 0 Å². The average molecular weight is 455 g/mol. The first-order chi connectivity index (χ1) is 14.9. The number of aromatic amines is 1. The molecule has 0 saturated heterocycles. The summed E-state index contributed by atoms with van der Waals surface area (Å²) in [6.45, 7) is 3.68. The highest BCUT2D eigenvalue weighted by atomic mass is 32.2. The summed E-state index contributed by atoms with van der Waals surface area (Å²) in [5.74, 6) is -0.0713. The zero-order valence-electron chi connectivity index (χ0n) is 16.9. The molecule has 0 bridgehead atoms. The number of fused-ring (bicyclic) bond motifs is 1. The predicted molar refractivity (Wildman–Crippen MR) is 122 cm³/mol. The summed E-state index contributed by atoms with van der Waals surface area (Å²) < 4.78 is 14.0. The molecule has 31 heavy (non-hydrogen) atoms. The number of hydrogen-bond donors (Lipinski definition) is 2. The highest BCUT2D eigenvalue weighted by Gasteiger charge is 2.15. The summed E-state index contributed by atoms with van der Waals surface area (Å²) in [5, 5.41) is 3.74. The fraction of sp³-hybridized carbons (Fsp3) is 0.182. The van der Waals surface area contributed by atoms with Crippen LogP contribution in [0.5, 0.6) is 0 Å². The van der Waals surface area contributed by atoms with E-state index >= 15 is 0 Å². The number of carbonyl (C=O) groups excluding carboxylic acids is 1. The van der Waals surface area contributed by atoms with E-state index in [9.17, 15) is 14.0 Å². The molecule has 0 fully saturated rings. The van der Waals surface area contributed by atoms with Gasteiger partial charge < -0.3 is 10.3 Å². The van der Waals surface area contributed by atoms with Crippen molar-refractivity contribution < 1.29 is 9.18 Å². The van der Waals surface area contributed by atoms with Gasteiger partial charge in [-0.15, -0.1) is 0 Å². The van der Waals surface area contributed by atoms with Crippen molar-refractivity contribution in [1.29, 1.82) is 0 Å². The molecule has 4 aromatic rings. The van der Waals surface area contributed by atoms with Gasteiger partial charge in [-0.05, 0) is 43.2 Å². The first kappa shape index (κ1) is 21.2. The second-order valence-electron chi connectivity index (χ2n) is 7.02. The van der Waals surface area contributed by atoms with E-state index in [1.54, 1.807) is 19.1 Å². The first-order valence-corrected chi connectivity index (χ1v) is 11.3. The molecule has 2 aromatic heterocycles. The molecule has 1 amide bonds. The van der Waals surface area contributed by atoms with Crippen molar-refractivity contribution >= 4 is 44.4 Å². The van der Waals surface area contributed by atoms with E-state index < -0.39 is 0 Å². The van der Waals surface area contributed by atoms with Crippen LogP contribution in [0, 0.1) is 19.7 Å². The fourth-order valence-corrected chi connectivity index (χ4v) is 4.88. The van der Waals surface area contributed by atoms with Crippen LogP contribution >= 0.6 is 23.1 Å². The molecule has 0 unspecified atom stereocenters. The maximum atomic E-state index is 13.0. The van der Waals surface area contributed by atoms with Crippen LogP contribution in [0.2, 0.25) is 0 Å². The molecule has 2 heterocycles. The number of thiazole rings is 1. The van der Waals surface area contributed by atoms with E-state index in [-0.39, 0.29) is 23.7 Å². The number of thioether (sulfide) groups is 1. The normalized spacial score (nSPS) is 11.1. The monoisotopic (exact) mass is 454 g/mol. The summed E-state index contributed by atoms with van der Waals surface area (Å²) in [5.41, 5.74) is 3.30. The van der Waals surface area contributed by atoms with Crippen LogP contribution in [0.1, 0.15) is 22.4 Å². The molecule has 158 valence electrons. The molecule has 9 heteroatoms. The Morgan fingerprint density at radius 1 is 1.16 bits per heavy atom. The minimum atomic E-state index is -0.343. The van der Waals surface area contributed by atoms with Crippen LogP contribution in [0.3, 0.4) is 0 Å². The largest absolute Gasteiger partial charge is 0.302 e. The molecule has 0 spiro atoms. The topological polar surface area (TPSA) is 87.7 Å². The SMILES string of the molecule is Cc1nc(SCc2ccc(F)cc2)[nH]c(=O)c1CC(=O)Nc1nc2c(C)cccc2s1. The molecular formula is C22H19FN4O2S2. The van der Waals surface area contributed by atoms with Gasteiger partial charge in [0.25, 0.3) is 5.56 Å². The summed E-state index contributed by atoms with van der Waals surface area (Å²) >= 11 is 2.74. The fourth-order valence-electron chi connectivity index (χ4n) is 3.06. The number of amides is 1. The summed E-state index contributed by atoms with van der Waals surface area (Å²) in [4.78, 5) is 36.7. The number of anilines is 1. The van der Waals surface area contributed by atoms with Crippen molar-refractivity contribution in [3.63, 3.8) is 0 Å². The van der Waals surface area contributed by atoms with Crippen molar-refractivity contribution in [2.24, 2.45) is 0 Å². The van der Waals surface area contributed by atoms with E-state index in [1.165, 1.54) is 35.2 Å². The third-order valence-corrected chi connectivity index (χ3v) is 6.57. The lowest BCUT2D eigenvalue weighted by Crippen LogP contribution is -2.23. The predicted octanol–water partition coefficient (Wildman–Crippen LogP) is 4.61. The van der Waals surface area contributed by atoms with Gasteiger partial charge in [-0.25, -0.2) is 14.4 Å². The van der Waals surface area contributed by atoms with Crippen LogP contribution in [-0.4, -0.2) is 20.9 Å². The molecule has 0 aliphatic heterocycles. The van der Waals surface area contributed by atoms with Crippen LogP contribution < -0.4 is 10.9 Å². The first-order valence-electron chi connectivity index (χ1n) is 9.52. The zero-order chi connectivity index (χ0) is 22.0. The van der Waals surface area contributed by atoms with Gasteiger partial charge in [0.15, 0.2) is 10.3 Å². The van der Waals surface area contributed by atoms with Crippen LogP contribution in [-0.2, 0) is 17.0 Å². The number of para-hydroxylation sites is 1. The second-order valence-corrected chi connectivity index (χ2v) is 9.01. The summed E-state index contributed by atoms with van der Waals surface area (Å²) in [6.07, 6.45) is -0.0913. The van der Waals surface area contributed by atoms with Crippen LogP contribution in [0.4, 0.5) is 9.52 Å². The van der Waals surface area contributed by atoms with Crippen LogP contribution in [0.25, 0.3) is 10.2 Å². The Kier molecular flexibility index (Phi) is 6.15. The third-order valence-electron chi connectivity index (χ3n) is 4.69. The molecule has 0 aliphatic carbocycles. The second kappa shape index (κ2) is 8.99. The van der Waals surface area contributed by atoms with Gasteiger partial charge in [0.2, 0.25) is 5.91 Å². The summed E-state index contributed by atoms with van der Waals surface area (Å²) in [7, 11) is 0. The number of nitrogens with zero attached hydrogens (tertiary/aromatic N) is 2. The molecular weight excluding hydrogens is 435 g/mol. The summed E-state index contributed by atoms with van der Waals surface area (Å²) in [6, 6.07) is 12.0. The van der Waals surface area contributed by atoms with E-state index in [1.807, 2.05) is 25.1 Å². The third kappa shape index (κ3) is 5.00. The lowest BCUT2D eigenvalue weighted by Gasteiger charge is -2.07. The van der Waals surface area contributed by atoms with E-state index in [0.717, 1.165) is 21.3 Å². The molecule has 0 aliphatic rings. The smallest absolute Gasteiger partial charge is 0.255 e. The highest BCUT2D eigenvalue weighted by molar-refractivity contribution is 7.98. The minimum absolute atomic E-state index is 0.0913. The average Bonchev–Trinajstić information content (AvgIpc) is 3.14. The Morgan fingerprint density at radius 3 is 2.65 bits per heavy atom. The standard InChI is InChI=1S/C22H19FN4O2S2/c1-12-4-3-5-17-19(12)26-22(31-17)25-18(28)10-16-13(2)24-21(27-20(16)29)30-11-14-6-8-15(23)9-7-14/h3-9H,10-11H2,1-2H3,(H,24,27,29)(H,25,26,28). The van der Waals surface area contributed by atoms with Crippen molar-refractivity contribution in [1.82, 2.24) is 15.0 Å². The van der Waals surface area contributed by atoms with Gasteiger partial charge in [-0.3, -0.25) is 9.59 Å². The van der Waals surface area contributed by atoms with Crippen LogP contribution in [0.15, 0.2) is 52.4 Å². The molecule has 6 nitrogen and oxygen atoms in total. The zero-order valence-corrected chi connectivity index (χ0v) is 18.5. The van der Waals surface area contributed by atoms with E-state index in [2.05, 4.69) is 20.3 Å². The van der Waals surface area contributed by atoms with Gasteiger partial charge in [-0.1, -0.05) is 47.4 Å². The van der Waals surface area contributed by atoms with Gasteiger partial charge >= 0.3 is 0 Å². The Morgan fingerprint density at radius 2 is 1.94 bits per heavy atom. The molecule has 0 atom stereocenters. The number of benzene rings is 2. The maximum Gasteiger partial charge on any atom is 0.255 e. The Labute approximate surface area is 186 Å². The number of rotatable bonds is 6. The van der Waals surface area contributed by atoms with E-state index in [0.29, 0.717) is 27.3 Å². The minimum Gasteiger partial charge on any atom is -0.302 e. The molecule has 4 rings (SSSR count). The van der Waals surface area contributed by atoms with Gasteiger partial charge in [0.05, 0.1) is 16.6 Å². The number of carbonyl (C=O) groups is 1. The van der Waals surface area contributed by atoms with Gasteiger partial charge in [-0.2, -0.15) is 0 Å². The lowest BCUT2D eigenvalue weighted by molar-refractivity contribution is -0.115. The lowest BCUT2D eigenvalue weighted by atomic mass is 10.1.